The number of carbonyl (C=O) groups excluding carboxylic acids is 1. The third kappa shape index (κ3) is 5.07. The lowest BCUT2D eigenvalue weighted by Crippen LogP contribution is -2.45. The SMILES string of the molecule is CCCCN(CC)C(=O)[C@H]1CCCN(Cc2nc3ccccc3n2-c2cccc(Br)c2)C1. The molecule has 32 heavy (non-hydrogen) atoms. The Kier molecular flexibility index (Phi) is 7.63. The minimum absolute atomic E-state index is 0.0873. The summed E-state index contributed by atoms with van der Waals surface area (Å²) >= 11 is 3.61. The molecular weight excluding hydrogens is 464 g/mol. The average molecular weight is 497 g/mol. The maximum Gasteiger partial charge on any atom is 0.226 e. The van der Waals surface area contributed by atoms with Gasteiger partial charge in [-0.05, 0) is 63.1 Å². The summed E-state index contributed by atoms with van der Waals surface area (Å²) in [4.78, 5) is 22.6. The summed E-state index contributed by atoms with van der Waals surface area (Å²) in [6, 6.07) is 16.7. The van der Waals surface area contributed by atoms with E-state index in [1.54, 1.807) is 0 Å². The predicted molar refractivity (Wildman–Crippen MR) is 134 cm³/mol. The second kappa shape index (κ2) is 10.6. The van der Waals surface area contributed by atoms with E-state index >= 15 is 0 Å². The summed E-state index contributed by atoms with van der Waals surface area (Å²) in [5.74, 6) is 1.44. The lowest BCUT2D eigenvalue weighted by Gasteiger charge is -2.34. The number of rotatable bonds is 8. The molecule has 0 saturated carbocycles. The molecule has 0 bridgehead atoms. The summed E-state index contributed by atoms with van der Waals surface area (Å²) in [5, 5.41) is 0. The molecule has 170 valence electrons. The van der Waals surface area contributed by atoms with Gasteiger partial charge < -0.3 is 4.90 Å². The highest BCUT2D eigenvalue weighted by Crippen LogP contribution is 2.26. The summed E-state index contributed by atoms with van der Waals surface area (Å²) in [6.45, 7) is 8.50. The predicted octanol–water partition coefficient (Wildman–Crippen LogP) is 5.65. The summed E-state index contributed by atoms with van der Waals surface area (Å²) in [5.41, 5.74) is 3.22. The first kappa shape index (κ1) is 23.0. The number of hydrogen-bond donors (Lipinski definition) is 0. The van der Waals surface area contributed by atoms with Gasteiger partial charge in [-0.1, -0.05) is 47.5 Å². The van der Waals surface area contributed by atoms with Crippen molar-refractivity contribution in [3.05, 3.63) is 58.8 Å². The van der Waals surface area contributed by atoms with Crippen LogP contribution in [0.3, 0.4) is 0 Å². The molecular formula is C26H33BrN4O. The number of piperidine rings is 1. The largest absolute Gasteiger partial charge is 0.343 e. The molecule has 1 fully saturated rings. The van der Waals surface area contributed by atoms with E-state index in [1.807, 2.05) is 12.1 Å². The Hall–Kier alpha value is -2.18. The van der Waals surface area contributed by atoms with Gasteiger partial charge in [-0.15, -0.1) is 0 Å². The first-order valence-electron chi connectivity index (χ1n) is 11.8. The molecule has 0 spiro atoms. The Morgan fingerprint density at radius 1 is 1.19 bits per heavy atom. The highest BCUT2D eigenvalue weighted by atomic mass is 79.9. The number of carbonyl (C=O) groups is 1. The molecule has 6 heteroatoms. The van der Waals surface area contributed by atoms with Crippen LogP contribution in [0.1, 0.15) is 45.4 Å². The first-order valence-corrected chi connectivity index (χ1v) is 12.6. The van der Waals surface area contributed by atoms with Gasteiger partial charge in [-0.25, -0.2) is 4.98 Å². The van der Waals surface area contributed by atoms with Gasteiger partial charge >= 0.3 is 0 Å². The highest BCUT2D eigenvalue weighted by Gasteiger charge is 2.29. The van der Waals surface area contributed by atoms with Crippen molar-refractivity contribution in [3.63, 3.8) is 0 Å². The van der Waals surface area contributed by atoms with Crippen LogP contribution in [0.2, 0.25) is 0 Å². The van der Waals surface area contributed by atoms with Crippen LogP contribution >= 0.6 is 15.9 Å². The number of para-hydroxylation sites is 2. The minimum Gasteiger partial charge on any atom is -0.343 e. The smallest absolute Gasteiger partial charge is 0.226 e. The van der Waals surface area contributed by atoms with Crippen molar-refractivity contribution in [2.75, 3.05) is 26.2 Å². The Balaban J connectivity index is 1.57. The van der Waals surface area contributed by atoms with Crippen molar-refractivity contribution >= 4 is 32.9 Å². The molecule has 1 aliphatic rings. The van der Waals surface area contributed by atoms with Crippen LogP contribution < -0.4 is 0 Å². The number of hydrogen-bond acceptors (Lipinski definition) is 3. The van der Waals surface area contributed by atoms with Gasteiger partial charge in [0.2, 0.25) is 5.91 Å². The van der Waals surface area contributed by atoms with E-state index in [1.165, 1.54) is 0 Å². The Bertz CT molecular complexity index is 1060. The van der Waals surface area contributed by atoms with E-state index in [0.29, 0.717) is 5.91 Å². The normalized spacial score (nSPS) is 17.0. The highest BCUT2D eigenvalue weighted by molar-refractivity contribution is 9.10. The van der Waals surface area contributed by atoms with Crippen molar-refractivity contribution in [2.45, 2.75) is 46.1 Å². The van der Waals surface area contributed by atoms with Crippen molar-refractivity contribution in [3.8, 4) is 5.69 Å². The van der Waals surface area contributed by atoms with Gasteiger partial charge in [-0.2, -0.15) is 0 Å². The zero-order valence-corrected chi connectivity index (χ0v) is 20.7. The molecule has 1 aromatic heterocycles. The summed E-state index contributed by atoms with van der Waals surface area (Å²) < 4.78 is 3.31. The van der Waals surface area contributed by atoms with Gasteiger partial charge in [0.1, 0.15) is 5.82 Å². The minimum atomic E-state index is 0.0873. The van der Waals surface area contributed by atoms with Crippen LogP contribution in [0.5, 0.6) is 0 Å². The van der Waals surface area contributed by atoms with E-state index in [4.69, 9.17) is 4.98 Å². The van der Waals surface area contributed by atoms with E-state index in [0.717, 1.165) is 85.4 Å². The molecule has 0 radical (unpaired) electrons. The van der Waals surface area contributed by atoms with Crippen molar-refractivity contribution in [2.24, 2.45) is 5.92 Å². The van der Waals surface area contributed by atoms with Crippen molar-refractivity contribution < 1.29 is 4.79 Å². The topological polar surface area (TPSA) is 41.4 Å². The molecule has 2 aromatic carbocycles. The third-order valence-electron chi connectivity index (χ3n) is 6.39. The Morgan fingerprint density at radius 2 is 2.03 bits per heavy atom. The number of amides is 1. The van der Waals surface area contributed by atoms with Gasteiger partial charge in [0.05, 0.1) is 23.5 Å². The molecule has 0 N–H and O–H groups in total. The van der Waals surface area contributed by atoms with Crippen molar-refractivity contribution in [1.82, 2.24) is 19.4 Å². The van der Waals surface area contributed by atoms with Gasteiger partial charge in [-0.3, -0.25) is 14.3 Å². The second-order valence-corrected chi connectivity index (χ2v) is 9.59. The lowest BCUT2D eigenvalue weighted by molar-refractivity contribution is -0.137. The second-order valence-electron chi connectivity index (χ2n) is 8.68. The molecule has 1 aliphatic heterocycles. The van der Waals surface area contributed by atoms with E-state index in [2.05, 4.69) is 80.5 Å². The Labute approximate surface area is 199 Å². The first-order chi connectivity index (χ1) is 15.6. The van der Waals surface area contributed by atoms with Crippen LogP contribution in [0, 0.1) is 5.92 Å². The number of unbranched alkanes of at least 4 members (excludes halogenated alkanes) is 1. The van der Waals surface area contributed by atoms with Gasteiger partial charge in [0.15, 0.2) is 0 Å². The lowest BCUT2D eigenvalue weighted by atomic mass is 9.96. The van der Waals surface area contributed by atoms with Crippen molar-refractivity contribution in [1.29, 1.82) is 0 Å². The number of imidazole rings is 1. The Morgan fingerprint density at radius 3 is 2.81 bits per heavy atom. The number of fused-ring (bicyclic) bond motifs is 1. The quantitative estimate of drug-likeness (QED) is 0.404. The fraction of sp³-hybridized carbons (Fsp3) is 0.462. The zero-order valence-electron chi connectivity index (χ0n) is 19.1. The standard InChI is InChI=1S/C26H33BrN4O/c1-3-5-16-30(4-2)26(32)20-10-9-15-29(18-20)19-25-28-23-13-6-7-14-24(23)31(25)22-12-8-11-21(27)17-22/h6-8,11-14,17,20H,3-5,9-10,15-16,18-19H2,1-2H3/t20-/m0/s1. The molecule has 3 aromatic rings. The number of aromatic nitrogens is 2. The molecule has 2 heterocycles. The molecule has 0 aliphatic carbocycles. The van der Waals surface area contributed by atoms with E-state index in [9.17, 15) is 4.79 Å². The number of halogens is 1. The fourth-order valence-corrected chi connectivity index (χ4v) is 5.10. The summed E-state index contributed by atoms with van der Waals surface area (Å²) in [7, 11) is 0. The maximum atomic E-state index is 13.2. The van der Waals surface area contributed by atoms with E-state index < -0.39 is 0 Å². The molecule has 1 saturated heterocycles. The van der Waals surface area contributed by atoms with Crippen LogP contribution in [0.15, 0.2) is 53.0 Å². The van der Waals surface area contributed by atoms with Crippen LogP contribution in [-0.4, -0.2) is 51.4 Å². The monoisotopic (exact) mass is 496 g/mol. The molecule has 1 atom stereocenters. The molecule has 5 nitrogen and oxygen atoms in total. The number of benzene rings is 2. The molecule has 1 amide bonds. The van der Waals surface area contributed by atoms with Crippen LogP contribution in [0.25, 0.3) is 16.7 Å². The molecule has 4 rings (SSSR count). The maximum absolute atomic E-state index is 13.2. The van der Waals surface area contributed by atoms with E-state index in [-0.39, 0.29) is 5.92 Å². The summed E-state index contributed by atoms with van der Waals surface area (Å²) in [6.07, 6.45) is 4.23. The van der Waals surface area contributed by atoms with Crippen LogP contribution in [-0.2, 0) is 11.3 Å². The number of nitrogens with zero attached hydrogens (tertiary/aromatic N) is 4. The van der Waals surface area contributed by atoms with Gasteiger partial charge in [0.25, 0.3) is 0 Å². The average Bonchev–Trinajstić information content (AvgIpc) is 3.17. The molecule has 0 unspecified atom stereocenters. The zero-order chi connectivity index (χ0) is 22.5. The number of likely N-dealkylation sites (tertiary alicyclic amines) is 1. The fourth-order valence-electron chi connectivity index (χ4n) is 4.72. The van der Waals surface area contributed by atoms with Crippen LogP contribution in [0.4, 0.5) is 0 Å². The third-order valence-corrected chi connectivity index (χ3v) is 6.88. The van der Waals surface area contributed by atoms with Gasteiger partial charge in [0, 0.05) is 29.8 Å².